The van der Waals surface area contributed by atoms with E-state index in [1.165, 1.54) is 4.68 Å². The van der Waals surface area contributed by atoms with Crippen molar-refractivity contribution < 1.29 is 8.78 Å². The van der Waals surface area contributed by atoms with E-state index in [0.717, 1.165) is 18.2 Å². The average molecular weight is 272 g/mol. The predicted molar refractivity (Wildman–Crippen MR) is 66.6 cm³/mol. The van der Waals surface area contributed by atoms with Crippen molar-refractivity contribution in [3.63, 3.8) is 0 Å². The number of anilines is 1. The monoisotopic (exact) mass is 271 g/mol. The Hall–Kier alpha value is -1.62. The molecule has 0 aliphatic heterocycles. The Kier molecular flexibility index (Phi) is 3.26. The number of hydrogen-bond acceptors (Lipinski definition) is 2. The standard InChI is InChI=1S/C12H12ClF2N3/c1-6-11(13)12(16)18(17-6)7(2)9-5-8(14)3-4-10(9)15/h3-5,7H,16H2,1-2H3. The van der Waals surface area contributed by atoms with Crippen molar-refractivity contribution in [1.29, 1.82) is 0 Å². The fourth-order valence-electron chi connectivity index (χ4n) is 1.81. The molecule has 2 N–H and O–H groups in total. The third kappa shape index (κ3) is 2.06. The molecule has 1 unspecified atom stereocenters. The second-order valence-corrected chi connectivity index (χ2v) is 4.45. The molecule has 1 aromatic carbocycles. The van der Waals surface area contributed by atoms with Crippen LogP contribution in [-0.2, 0) is 0 Å². The molecule has 0 fully saturated rings. The lowest BCUT2D eigenvalue weighted by atomic mass is 10.1. The normalized spacial score (nSPS) is 12.7. The molecule has 0 spiro atoms. The molecule has 0 aliphatic rings. The highest BCUT2D eigenvalue weighted by Gasteiger charge is 2.19. The van der Waals surface area contributed by atoms with Crippen molar-refractivity contribution >= 4 is 17.4 Å². The lowest BCUT2D eigenvalue weighted by molar-refractivity contribution is 0.515. The van der Waals surface area contributed by atoms with Crippen molar-refractivity contribution in [3.05, 3.63) is 46.1 Å². The smallest absolute Gasteiger partial charge is 0.141 e. The molecule has 18 heavy (non-hydrogen) atoms. The van der Waals surface area contributed by atoms with Gasteiger partial charge in [-0.3, -0.25) is 0 Å². The summed E-state index contributed by atoms with van der Waals surface area (Å²) >= 11 is 5.92. The topological polar surface area (TPSA) is 43.8 Å². The van der Waals surface area contributed by atoms with E-state index < -0.39 is 17.7 Å². The molecule has 1 aromatic heterocycles. The van der Waals surface area contributed by atoms with Crippen LogP contribution in [0.15, 0.2) is 18.2 Å². The Morgan fingerprint density at radius 2 is 2.06 bits per heavy atom. The van der Waals surface area contributed by atoms with Gasteiger partial charge < -0.3 is 5.73 Å². The molecular weight excluding hydrogens is 260 g/mol. The molecule has 0 radical (unpaired) electrons. The maximum Gasteiger partial charge on any atom is 0.141 e. The van der Waals surface area contributed by atoms with E-state index in [2.05, 4.69) is 5.10 Å². The van der Waals surface area contributed by atoms with Gasteiger partial charge in [-0.05, 0) is 32.0 Å². The van der Waals surface area contributed by atoms with Crippen LogP contribution in [0.2, 0.25) is 5.02 Å². The Morgan fingerprint density at radius 3 is 2.61 bits per heavy atom. The van der Waals surface area contributed by atoms with Crippen molar-refractivity contribution in [3.8, 4) is 0 Å². The SMILES string of the molecule is Cc1nn(C(C)c2cc(F)ccc2F)c(N)c1Cl. The number of nitrogens with two attached hydrogens (primary N) is 1. The van der Waals surface area contributed by atoms with Gasteiger partial charge in [0.05, 0.1) is 11.7 Å². The maximum absolute atomic E-state index is 13.7. The summed E-state index contributed by atoms with van der Waals surface area (Å²) in [6.45, 7) is 3.38. The molecule has 3 nitrogen and oxygen atoms in total. The van der Waals surface area contributed by atoms with E-state index in [0.29, 0.717) is 10.7 Å². The quantitative estimate of drug-likeness (QED) is 0.911. The summed E-state index contributed by atoms with van der Waals surface area (Å²) in [5.41, 5.74) is 6.52. The lowest BCUT2D eigenvalue weighted by Gasteiger charge is -2.15. The number of nitrogens with zero attached hydrogens (tertiary/aromatic N) is 2. The van der Waals surface area contributed by atoms with Crippen LogP contribution in [0.5, 0.6) is 0 Å². The molecule has 0 aliphatic carbocycles. The minimum atomic E-state index is -0.535. The van der Waals surface area contributed by atoms with Gasteiger partial charge in [0, 0.05) is 5.56 Å². The van der Waals surface area contributed by atoms with Gasteiger partial charge >= 0.3 is 0 Å². The van der Waals surface area contributed by atoms with Crippen LogP contribution in [0.1, 0.15) is 24.2 Å². The molecular formula is C12H12ClF2N3. The number of rotatable bonds is 2. The molecule has 2 rings (SSSR count). The van der Waals surface area contributed by atoms with E-state index in [9.17, 15) is 8.78 Å². The first kappa shape index (κ1) is 12.8. The van der Waals surface area contributed by atoms with Crippen LogP contribution in [0.4, 0.5) is 14.6 Å². The van der Waals surface area contributed by atoms with Gasteiger partial charge in [-0.15, -0.1) is 0 Å². The fraction of sp³-hybridized carbons (Fsp3) is 0.250. The minimum Gasteiger partial charge on any atom is -0.383 e. The van der Waals surface area contributed by atoms with Gasteiger partial charge in [0.1, 0.15) is 22.5 Å². The first-order chi connectivity index (χ1) is 8.41. The summed E-state index contributed by atoms with van der Waals surface area (Å²) < 4.78 is 28.2. The fourth-order valence-corrected chi connectivity index (χ4v) is 1.93. The lowest BCUT2D eigenvalue weighted by Crippen LogP contribution is -2.13. The molecule has 1 atom stereocenters. The summed E-state index contributed by atoms with van der Waals surface area (Å²) in [4.78, 5) is 0. The highest BCUT2D eigenvalue weighted by Crippen LogP contribution is 2.29. The minimum absolute atomic E-state index is 0.181. The van der Waals surface area contributed by atoms with Crippen LogP contribution in [0, 0.1) is 18.6 Å². The van der Waals surface area contributed by atoms with E-state index >= 15 is 0 Å². The zero-order valence-corrected chi connectivity index (χ0v) is 10.7. The van der Waals surface area contributed by atoms with Gasteiger partial charge in [0.25, 0.3) is 0 Å². The summed E-state index contributed by atoms with van der Waals surface area (Å²) in [6, 6.07) is 2.74. The number of hydrogen-bond donors (Lipinski definition) is 1. The zero-order chi connectivity index (χ0) is 13.4. The Balaban J connectivity index is 2.50. The first-order valence-electron chi connectivity index (χ1n) is 5.37. The van der Waals surface area contributed by atoms with Crippen molar-refractivity contribution in [2.75, 3.05) is 5.73 Å². The van der Waals surface area contributed by atoms with Gasteiger partial charge in [-0.1, -0.05) is 11.6 Å². The van der Waals surface area contributed by atoms with Crippen molar-refractivity contribution in [2.45, 2.75) is 19.9 Å². The van der Waals surface area contributed by atoms with Gasteiger partial charge in [-0.25, -0.2) is 13.5 Å². The molecule has 2 aromatic rings. The number of halogens is 3. The van der Waals surface area contributed by atoms with E-state index in [1.807, 2.05) is 0 Å². The van der Waals surface area contributed by atoms with Gasteiger partial charge in [-0.2, -0.15) is 5.10 Å². The van der Waals surface area contributed by atoms with Crippen LogP contribution in [0.3, 0.4) is 0 Å². The maximum atomic E-state index is 13.7. The molecule has 6 heteroatoms. The van der Waals surface area contributed by atoms with Crippen LogP contribution in [-0.4, -0.2) is 9.78 Å². The number of aryl methyl sites for hydroxylation is 1. The summed E-state index contributed by atoms with van der Waals surface area (Å²) in [5, 5.41) is 4.46. The van der Waals surface area contributed by atoms with Crippen molar-refractivity contribution in [1.82, 2.24) is 9.78 Å². The van der Waals surface area contributed by atoms with E-state index in [4.69, 9.17) is 17.3 Å². The van der Waals surface area contributed by atoms with E-state index in [1.54, 1.807) is 13.8 Å². The Morgan fingerprint density at radius 1 is 1.39 bits per heavy atom. The number of nitrogen functional groups attached to an aromatic ring is 1. The zero-order valence-electron chi connectivity index (χ0n) is 9.92. The largest absolute Gasteiger partial charge is 0.383 e. The number of benzene rings is 1. The molecule has 0 amide bonds. The molecule has 0 saturated carbocycles. The molecule has 0 saturated heterocycles. The van der Waals surface area contributed by atoms with Gasteiger partial charge in [0.2, 0.25) is 0 Å². The average Bonchev–Trinajstić information content (AvgIpc) is 2.59. The summed E-state index contributed by atoms with van der Waals surface area (Å²) in [7, 11) is 0. The Labute approximate surface area is 108 Å². The molecule has 96 valence electrons. The third-order valence-corrected chi connectivity index (χ3v) is 3.29. The second kappa shape index (κ2) is 4.57. The predicted octanol–water partition coefficient (Wildman–Crippen LogP) is 3.31. The Bertz CT molecular complexity index is 595. The third-order valence-electron chi connectivity index (χ3n) is 2.82. The molecule has 1 heterocycles. The summed E-state index contributed by atoms with van der Waals surface area (Å²) in [5.74, 6) is -0.773. The van der Waals surface area contributed by atoms with Crippen LogP contribution in [0.25, 0.3) is 0 Å². The van der Waals surface area contributed by atoms with E-state index in [-0.39, 0.29) is 11.4 Å². The highest BCUT2D eigenvalue weighted by molar-refractivity contribution is 6.33. The van der Waals surface area contributed by atoms with Crippen molar-refractivity contribution in [2.24, 2.45) is 0 Å². The van der Waals surface area contributed by atoms with Gasteiger partial charge in [0.15, 0.2) is 0 Å². The van der Waals surface area contributed by atoms with Crippen LogP contribution >= 0.6 is 11.6 Å². The highest BCUT2D eigenvalue weighted by atomic mass is 35.5. The molecule has 0 bridgehead atoms. The second-order valence-electron chi connectivity index (χ2n) is 4.07. The van der Waals surface area contributed by atoms with Crippen LogP contribution < -0.4 is 5.73 Å². The number of aromatic nitrogens is 2. The first-order valence-corrected chi connectivity index (χ1v) is 5.74. The summed E-state index contributed by atoms with van der Waals surface area (Å²) in [6.07, 6.45) is 0.